The van der Waals surface area contributed by atoms with Gasteiger partial charge in [-0.15, -0.1) is 0 Å². The number of benzene rings is 1. The first kappa shape index (κ1) is 21.5. The zero-order valence-electron chi connectivity index (χ0n) is 16.6. The van der Waals surface area contributed by atoms with Crippen molar-refractivity contribution in [3.05, 3.63) is 28.3 Å². The van der Waals surface area contributed by atoms with Crippen LogP contribution in [0.1, 0.15) is 19.8 Å². The molecular weight excluding hydrogens is 400 g/mol. The van der Waals surface area contributed by atoms with Crippen LogP contribution in [-0.2, 0) is 19.6 Å². The number of nitro groups is 1. The maximum atomic E-state index is 12.8. The summed E-state index contributed by atoms with van der Waals surface area (Å²) in [7, 11) is -2.05. The molecule has 1 aromatic carbocycles. The summed E-state index contributed by atoms with van der Waals surface area (Å²) in [6, 6.07) is 4.19. The van der Waals surface area contributed by atoms with Gasteiger partial charge in [-0.05, 0) is 25.0 Å². The van der Waals surface area contributed by atoms with Crippen LogP contribution in [0.2, 0.25) is 0 Å². The number of carbonyl (C=O) groups is 1. The van der Waals surface area contributed by atoms with Crippen LogP contribution >= 0.6 is 0 Å². The van der Waals surface area contributed by atoms with Gasteiger partial charge < -0.3 is 14.5 Å². The van der Waals surface area contributed by atoms with Crippen molar-refractivity contribution in [2.24, 2.45) is 0 Å². The Kier molecular flexibility index (Phi) is 6.39. The summed E-state index contributed by atoms with van der Waals surface area (Å²) >= 11 is 0. The molecule has 2 aliphatic rings. The van der Waals surface area contributed by atoms with Crippen LogP contribution in [0.25, 0.3) is 0 Å². The number of piperidine rings is 1. The lowest BCUT2D eigenvalue weighted by atomic mass is 10.0. The van der Waals surface area contributed by atoms with E-state index in [0.29, 0.717) is 44.8 Å². The number of nitro benzene ring substituents is 1. The van der Waals surface area contributed by atoms with Crippen LogP contribution < -0.4 is 4.90 Å². The van der Waals surface area contributed by atoms with Crippen LogP contribution in [0.15, 0.2) is 23.1 Å². The standard InChI is InChI=1S/C18H26N4O6S/c1-14(23)19(2)15-5-7-20(8-6-15)17-4-3-16(13-18(17)22(24)25)29(26,27)21-9-11-28-12-10-21/h3-4,13,15H,5-12H2,1-2H3. The van der Waals surface area contributed by atoms with E-state index in [4.69, 9.17) is 4.74 Å². The summed E-state index contributed by atoms with van der Waals surface area (Å²) < 4.78 is 32.1. The number of carbonyl (C=O) groups excluding carboxylic acids is 1. The van der Waals surface area contributed by atoms with Crippen molar-refractivity contribution in [2.75, 3.05) is 51.3 Å². The molecule has 1 amide bonds. The van der Waals surface area contributed by atoms with E-state index in [9.17, 15) is 23.3 Å². The Labute approximate surface area is 170 Å². The van der Waals surface area contributed by atoms with Crippen molar-refractivity contribution in [2.45, 2.75) is 30.7 Å². The molecule has 0 N–H and O–H groups in total. The molecule has 160 valence electrons. The van der Waals surface area contributed by atoms with Gasteiger partial charge in [0.25, 0.3) is 5.69 Å². The molecule has 2 aliphatic heterocycles. The van der Waals surface area contributed by atoms with Crippen molar-refractivity contribution in [1.82, 2.24) is 9.21 Å². The van der Waals surface area contributed by atoms with Gasteiger partial charge in [-0.1, -0.05) is 0 Å². The maximum Gasteiger partial charge on any atom is 0.293 e. The fourth-order valence-electron chi connectivity index (χ4n) is 3.76. The Bertz CT molecular complexity index is 876. The van der Waals surface area contributed by atoms with Crippen molar-refractivity contribution >= 4 is 27.3 Å². The molecule has 0 saturated carbocycles. The van der Waals surface area contributed by atoms with Gasteiger partial charge in [0.15, 0.2) is 0 Å². The second-order valence-corrected chi connectivity index (χ2v) is 9.21. The highest BCUT2D eigenvalue weighted by Gasteiger charge is 2.31. The number of nitrogens with zero attached hydrogens (tertiary/aromatic N) is 4. The molecule has 0 aromatic heterocycles. The van der Waals surface area contributed by atoms with Crippen molar-refractivity contribution in [1.29, 1.82) is 0 Å². The average molecular weight is 426 g/mol. The lowest BCUT2D eigenvalue weighted by molar-refractivity contribution is -0.384. The highest BCUT2D eigenvalue weighted by Crippen LogP contribution is 2.34. The number of morpholine rings is 1. The predicted molar refractivity (Wildman–Crippen MR) is 106 cm³/mol. The summed E-state index contributed by atoms with van der Waals surface area (Å²) in [5.74, 6) is -0.00731. The first-order valence-corrected chi connectivity index (χ1v) is 11.0. The van der Waals surface area contributed by atoms with Gasteiger partial charge in [-0.2, -0.15) is 4.31 Å². The van der Waals surface area contributed by atoms with E-state index in [1.54, 1.807) is 11.9 Å². The smallest absolute Gasteiger partial charge is 0.293 e. The van der Waals surface area contributed by atoms with Crippen LogP contribution in [0, 0.1) is 10.1 Å². The SMILES string of the molecule is CC(=O)N(C)C1CCN(c2ccc(S(=O)(=O)N3CCOCC3)cc2[N+](=O)[O-])CC1. The zero-order chi connectivity index (χ0) is 21.2. The minimum absolute atomic E-state index is 0.00731. The van der Waals surface area contributed by atoms with Gasteiger partial charge in [0, 0.05) is 52.3 Å². The monoisotopic (exact) mass is 426 g/mol. The predicted octanol–water partition coefficient (Wildman–Crippen LogP) is 1.06. The molecule has 0 bridgehead atoms. The van der Waals surface area contributed by atoms with Crippen molar-refractivity contribution in [3.8, 4) is 0 Å². The summed E-state index contributed by atoms with van der Waals surface area (Å²) in [5.41, 5.74) is 0.178. The van der Waals surface area contributed by atoms with Crippen molar-refractivity contribution in [3.63, 3.8) is 0 Å². The van der Waals surface area contributed by atoms with E-state index in [1.165, 1.54) is 23.4 Å². The Balaban J connectivity index is 1.82. The number of sulfonamides is 1. The average Bonchev–Trinajstić information content (AvgIpc) is 2.73. The van der Waals surface area contributed by atoms with E-state index in [2.05, 4.69) is 0 Å². The third-order valence-electron chi connectivity index (χ3n) is 5.60. The summed E-state index contributed by atoms with van der Waals surface area (Å²) in [5, 5.41) is 11.7. The zero-order valence-corrected chi connectivity index (χ0v) is 17.4. The quantitative estimate of drug-likeness (QED) is 0.511. The number of hydrogen-bond donors (Lipinski definition) is 0. The van der Waals surface area contributed by atoms with Crippen LogP contribution in [-0.4, -0.2) is 80.9 Å². The second-order valence-electron chi connectivity index (χ2n) is 7.27. The fourth-order valence-corrected chi connectivity index (χ4v) is 5.19. The topological polar surface area (TPSA) is 113 Å². The lowest BCUT2D eigenvalue weighted by Crippen LogP contribution is -2.45. The first-order valence-electron chi connectivity index (χ1n) is 9.56. The van der Waals surface area contributed by atoms with E-state index in [-0.39, 0.29) is 35.6 Å². The van der Waals surface area contributed by atoms with E-state index < -0.39 is 14.9 Å². The van der Waals surface area contributed by atoms with Gasteiger partial charge >= 0.3 is 0 Å². The molecule has 1 aromatic rings. The van der Waals surface area contributed by atoms with Crippen LogP contribution in [0.3, 0.4) is 0 Å². The Morgan fingerprint density at radius 3 is 2.38 bits per heavy atom. The number of anilines is 1. The van der Waals surface area contributed by atoms with Gasteiger partial charge in [-0.25, -0.2) is 8.42 Å². The molecule has 0 spiro atoms. The molecule has 0 unspecified atom stereocenters. The summed E-state index contributed by atoms with van der Waals surface area (Å²) in [6.45, 7) is 3.71. The Morgan fingerprint density at radius 2 is 1.83 bits per heavy atom. The maximum absolute atomic E-state index is 12.8. The number of amides is 1. The molecule has 0 radical (unpaired) electrons. The molecule has 0 aliphatic carbocycles. The van der Waals surface area contributed by atoms with E-state index in [0.717, 1.165) is 6.07 Å². The summed E-state index contributed by atoms with van der Waals surface area (Å²) in [4.78, 5) is 26.2. The molecule has 29 heavy (non-hydrogen) atoms. The van der Waals surface area contributed by atoms with Crippen molar-refractivity contribution < 1.29 is 22.9 Å². The van der Waals surface area contributed by atoms with Gasteiger partial charge in [0.1, 0.15) is 5.69 Å². The highest BCUT2D eigenvalue weighted by atomic mass is 32.2. The summed E-state index contributed by atoms with van der Waals surface area (Å²) in [6.07, 6.45) is 1.39. The molecule has 0 atom stereocenters. The normalized spacial score (nSPS) is 19.2. The molecule has 11 heteroatoms. The molecule has 2 heterocycles. The third-order valence-corrected chi connectivity index (χ3v) is 7.50. The van der Waals surface area contributed by atoms with Crippen LogP contribution in [0.4, 0.5) is 11.4 Å². The Morgan fingerprint density at radius 1 is 1.21 bits per heavy atom. The largest absolute Gasteiger partial charge is 0.379 e. The van der Waals surface area contributed by atoms with E-state index >= 15 is 0 Å². The fraction of sp³-hybridized carbons (Fsp3) is 0.611. The molecule has 2 fully saturated rings. The van der Waals surface area contributed by atoms with Gasteiger partial charge in [-0.3, -0.25) is 14.9 Å². The Hall–Kier alpha value is -2.24. The van der Waals surface area contributed by atoms with Gasteiger partial charge in [0.05, 0.1) is 23.0 Å². The number of rotatable bonds is 5. The lowest BCUT2D eigenvalue weighted by Gasteiger charge is -2.37. The minimum atomic E-state index is -3.81. The first-order chi connectivity index (χ1) is 13.7. The van der Waals surface area contributed by atoms with Gasteiger partial charge in [0.2, 0.25) is 15.9 Å². The molecular formula is C18H26N4O6S. The number of ether oxygens (including phenoxy) is 1. The van der Waals surface area contributed by atoms with Crippen LogP contribution in [0.5, 0.6) is 0 Å². The molecule has 10 nitrogen and oxygen atoms in total. The third kappa shape index (κ3) is 4.51. The van der Waals surface area contributed by atoms with E-state index in [1.807, 2.05) is 4.90 Å². The molecule has 3 rings (SSSR count). The number of hydrogen-bond acceptors (Lipinski definition) is 7. The minimum Gasteiger partial charge on any atom is -0.379 e. The molecule has 2 saturated heterocycles. The highest BCUT2D eigenvalue weighted by molar-refractivity contribution is 7.89. The second kappa shape index (κ2) is 8.64.